The summed E-state index contributed by atoms with van der Waals surface area (Å²) in [6.07, 6.45) is 4.85. The third-order valence-corrected chi connectivity index (χ3v) is 22.6. The van der Waals surface area contributed by atoms with Gasteiger partial charge in [0, 0.05) is 31.6 Å². The number of hydrogen-bond donors (Lipinski definition) is 0. The summed E-state index contributed by atoms with van der Waals surface area (Å²) in [5.41, 5.74) is 1.81. The Hall–Kier alpha value is -5.59. The van der Waals surface area contributed by atoms with Gasteiger partial charge in [0.2, 0.25) is 11.8 Å². The molecular formula is C50H57N4O7PSSi. The number of ether oxygens (including phenoxy) is 3. The lowest BCUT2D eigenvalue weighted by atomic mass is 9.75. The average molecular weight is 917 g/mol. The van der Waals surface area contributed by atoms with E-state index in [1.54, 1.807) is 21.7 Å². The monoisotopic (exact) mass is 916 g/mol. The fraction of sp³-hybridized carbons (Fsp3) is 0.320. The van der Waals surface area contributed by atoms with Crippen LogP contribution in [-0.4, -0.2) is 83.6 Å². The molecule has 0 N–H and O–H groups in total. The van der Waals surface area contributed by atoms with E-state index in [0.29, 0.717) is 21.8 Å². The second kappa shape index (κ2) is 18.9. The number of ketones is 1. The van der Waals surface area contributed by atoms with Crippen molar-refractivity contribution in [2.75, 3.05) is 20.8 Å². The van der Waals surface area contributed by atoms with Crippen molar-refractivity contribution in [1.82, 2.24) is 19.3 Å². The minimum absolute atomic E-state index is 0.0906. The molecule has 1 fully saturated rings. The van der Waals surface area contributed by atoms with Crippen LogP contribution in [0.5, 0.6) is 11.9 Å². The highest BCUT2D eigenvalue weighted by molar-refractivity contribution is 7.96. The van der Waals surface area contributed by atoms with Crippen molar-refractivity contribution in [3.8, 4) is 11.9 Å². The number of hydrogen-bond acceptors (Lipinski definition) is 10. The first-order chi connectivity index (χ1) is 30.6. The predicted octanol–water partition coefficient (Wildman–Crippen LogP) is 8.31. The summed E-state index contributed by atoms with van der Waals surface area (Å²) in [5.74, 6) is -2.66. The quantitative estimate of drug-likeness (QED) is 0.0222. The molecule has 1 amide bonds. The zero-order valence-corrected chi connectivity index (χ0v) is 40.7. The molecule has 0 saturated carbocycles. The molecule has 1 aliphatic rings. The van der Waals surface area contributed by atoms with Crippen molar-refractivity contribution in [1.29, 1.82) is 0 Å². The van der Waals surface area contributed by atoms with Gasteiger partial charge in [-0.2, -0.15) is 4.98 Å². The topological polar surface area (TPSA) is 122 Å². The zero-order valence-electron chi connectivity index (χ0n) is 38.0. The maximum Gasteiger partial charge on any atom is 0.356 e. The summed E-state index contributed by atoms with van der Waals surface area (Å²) in [6, 6.07) is 32.8. The van der Waals surface area contributed by atoms with Crippen LogP contribution in [0.4, 0.5) is 0 Å². The van der Waals surface area contributed by atoms with Crippen LogP contribution >= 0.6 is 18.2 Å². The lowest BCUT2D eigenvalue weighted by Crippen LogP contribution is -2.71. The fourth-order valence-corrected chi connectivity index (χ4v) is 15.5. The highest BCUT2D eigenvalue weighted by atomic mass is 32.1. The number of likely N-dealkylation sites (tertiary alicyclic amines) is 1. The number of esters is 1. The number of methoxy groups -OCH3 is 2. The lowest BCUT2D eigenvalue weighted by molar-refractivity contribution is -0.158. The SMILES string of the molecule is C=CCOC(=O)C(N1C(=O)[C@H]([C@@H](C)O[Si](C)(C)C(C)(C)C)[C@H]1[C@@H](C)C(=O)c1sc2c(Cc3cccnc3)nc(OC)n2c1OC)=P(c1ccccc1)(c1ccccc1)c1ccccc1. The Bertz CT molecular complexity index is 2600. The Morgan fingerprint density at radius 2 is 1.47 bits per heavy atom. The molecule has 3 aromatic heterocycles. The van der Waals surface area contributed by atoms with Gasteiger partial charge in [-0.25, -0.2) is 9.20 Å². The van der Waals surface area contributed by atoms with Crippen LogP contribution in [0.1, 0.15) is 55.5 Å². The van der Waals surface area contributed by atoms with Crippen molar-refractivity contribution in [2.24, 2.45) is 11.8 Å². The number of imidazole rings is 1. The molecule has 6 aromatic rings. The van der Waals surface area contributed by atoms with E-state index in [4.69, 9.17) is 23.6 Å². The molecule has 3 aromatic carbocycles. The molecule has 334 valence electrons. The van der Waals surface area contributed by atoms with Gasteiger partial charge in [0.15, 0.2) is 14.1 Å². The number of thiazole rings is 1. The van der Waals surface area contributed by atoms with E-state index in [1.807, 2.05) is 117 Å². The second-order valence-corrected chi connectivity index (χ2v) is 26.6. The number of carbonyl (C=O) groups is 3. The van der Waals surface area contributed by atoms with Gasteiger partial charge < -0.3 is 23.5 Å². The van der Waals surface area contributed by atoms with Crippen molar-refractivity contribution < 1.29 is 33.0 Å². The molecule has 14 heteroatoms. The molecular weight excluding hydrogens is 860 g/mol. The van der Waals surface area contributed by atoms with E-state index >= 15 is 14.4 Å². The molecule has 0 aliphatic carbocycles. The molecule has 7 rings (SSSR count). The van der Waals surface area contributed by atoms with Gasteiger partial charge in [0.25, 0.3) is 0 Å². The first-order valence-electron chi connectivity index (χ1n) is 21.4. The number of fused-ring (bicyclic) bond motifs is 1. The summed E-state index contributed by atoms with van der Waals surface area (Å²) >= 11 is 1.26. The van der Waals surface area contributed by atoms with Gasteiger partial charge in [0.1, 0.15) is 21.7 Å². The Kier molecular flexibility index (Phi) is 13.7. The number of nitrogens with zero attached hydrogens (tertiary/aromatic N) is 4. The van der Waals surface area contributed by atoms with Crippen molar-refractivity contribution in [3.05, 3.63) is 144 Å². The van der Waals surface area contributed by atoms with Gasteiger partial charge in [-0.05, 0) is 52.6 Å². The van der Waals surface area contributed by atoms with Crippen molar-refractivity contribution >= 4 is 70.4 Å². The van der Waals surface area contributed by atoms with Gasteiger partial charge in [-0.15, -0.1) is 11.3 Å². The van der Waals surface area contributed by atoms with Crippen LogP contribution in [0.15, 0.2) is 128 Å². The van der Waals surface area contributed by atoms with Gasteiger partial charge >= 0.3 is 12.0 Å². The maximum absolute atomic E-state index is 15.6. The van der Waals surface area contributed by atoms with E-state index in [-0.39, 0.29) is 40.6 Å². The highest BCUT2D eigenvalue weighted by Crippen LogP contribution is 2.52. The molecule has 11 nitrogen and oxygen atoms in total. The van der Waals surface area contributed by atoms with Gasteiger partial charge in [-0.3, -0.25) is 14.6 Å². The number of amides is 1. The van der Waals surface area contributed by atoms with E-state index in [2.05, 4.69) is 45.4 Å². The van der Waals surface area contributed by atoms with Crippen LogP contribution < -0.4 is 25.4 Å². The molecule has 1 aliphatic heterocycles. The summed E-state index contributed by atoms with van der Waals surface area (Å²) in [5, 5.41) is 2.35. The summed E-state index contributed by atoms with van der Waals surface area (Å²) < 4.78 is 26.6. The third-order valence-electron chi connectivity index (χ3n) is 12.6. The lowest BCUT2D eigenvalue weighted by Gasteiger charge is -2.54. The minimum atomic E-state index is -3.29. The zero-order chi connectivity index (χ0) is 46.0. The number of pyridine rings is 1. The number of Topliss-reactive ketones (excluding diaryl/α,β-unsaturated/α-hetero) is 1. The molecule has 0 spiro atoms. The number of benzene rings is 3. The minimum Gasteiger partial charge on any atom is -0.481 e. The van der Waals surface area contributed by atoms with Crippen molar-refractivity contribution in [2.45, 2.75) is 71.3 Å². The smallest absolute Gasteiger partial charge is 0.356 e. The predicted molar refractivity (Wildman–Crippen MR) is 260 cm³/mol. The Morgan fingerprint density at radius 1 is 0.891 bits per heavy atom. The van der Waals surface area contributed by atoms with E-state index in [1.165, 1.54) is 31.6 Å². The molecule has 4 heterocycles. The van der Waals surface area contributed by atoms with Crippen LogP contribution in [0.25, 0.3) is 4.83 Å². The van der Waals surface area contributed by atoms with Crippen LogP contribution in [0.2, 0.25) is 18.1 Å². The van der Waals surface area contributed by atoms with Crippen LogP contribution in [0.3, 0.4) is 0 Å². The summed E-state index contributed by atoms with van der Waals surface area (Å²) in [7, 11) is 0.579. The van der Waals surface area contributed by atoms with E-state index < -0.39 is 45.2 Å². The molecule has 1 saturated heterocycles. The second-order valence-electron chi connectivity index (χ2n) is 17.5. The van der Waals surface area contributed by atoms with Gasteiger partial charge in [0.05, 0.1) is 38.0 Å². The molecule has 4 atom stereocenters. The summed E-state index contributed by atoms with van der Waals surface area (Å²) in [4.78, 5) is 58.1. The van der Waals surface area contributed by atoms with Crippen LogP contribution in [0, 0.1) is 11.8 Å². The molecule has 0 unspecified atom stereocenters. The Morgan fingerprint density at radius 3 is 1.95 bits per heavy atom. The molecule has 64 heavy (non-hydrogen) atoms. The number of rotatable bonds is 17. The maximum atomic E-state index is 15.6. The Labute approximate surface area is 381 Å². The number of carbonyl (C=O) groups excluding carboxylic acids is 3. The molecule has 0 bridgehead atoms. The van der Waals surface area contributed by atoms with E-state index in [9.17, 15) is 0 Å². The standard InChI is InChI=1S/C50H57N4O7PSSi/c1-11-30-60-48(57)46(62(36-23-15-12-16-24-36,37-25-17-13-18-26-37)38-27-19-14-20-28-38)53-41(40(44(53)56)34(3)61-64(9,10)50(4,5)6)33(2)42(55)43-45(58-7)54-47(63-43)39(52-49(54)59-8)31-35-22-21-29-51-32-35/h11-29,32-34,40-41H,1,30-31H2,2-10H3/t33-,34-,40-,41-/m1/s1. The van der Waals surface area contributed by atoms with Crippen LogP contribution in [-0.2, 0) is 25.2 Å². The van der Waals surface area contributed by atoms with Crippen molar-refractivity contribution in [3.63, 3.8) is 0 Å². The number of aromatic nitrogens is 3. The first kappa shape index (κ1) is 46.4. The third kappa shape index (κ3) is 8.30. The number of β-lactam (4-membered cyclic amide) rings is 1. The molecule has 0 radical (unpaired) electrons. The Balaban J connectivity index is 1.50. The largest absolute Gasteiger partial charge is 0.481 e. The normalized spacial score (nSPS) is 16.5. The van der Waals surface area contributed by atoms with E-state index in [0.717, 1.165) is 21.5 Å². The van der Waals surface area contributed by atoms with Gasteiger partial charge in [-0.1, -0.05) is 137 Å². The first-order valence-corrected chi connectivity index (χ1v) is 26.9. The highest BCUT2D eigenvalue weighted by Gasteiger charge is 2.59. The fourth-order valence-electron chi connectivity index (χ4n) is 8.47. The summed E-state index contributed by atoms with van der Waals surface area (Å²) in [6.45, 7) is 15.0. The average Bonchev–Trinajstić information content (AvgIpc) is 3.84.